The molecule has 0 fully saturated rings. The molecule has 1 rings (SSSR count). The number of aryl methyl sites for hydroxylation is 1. The highest BCUT2D eigenvalue weighted by molar-refractivity contribution is 5.99. The fourth-order valence-corrected chi connectivity index (χ4v) is 1.64. The summed E-state index contributed by atoms with van der Waals surface area (Å²) in [4.78, 5) is 12.4. The van der Waals surface area contributed by atoms with Crippen LogP contribution in [0.2, 0.25) is 0 Å². The molecule has 0 aliphatic rings. The van der Waals surface area contributed by atoms with E-state index >= 15 is 0 Å². The minimum atomic E-state index is 0.0211. The summed E-state index contributed by atoms with van der Waals surface area (Å²) in [6.07, 6.45) is 0. The molecule has 0 N–H and O–H groups in total. The van der Waals surface area contributed by atoms with Gasteiger partial charge >= 0.3 is 0 Å². The molecule has 0 aromatic heterocycles. The first-order valence-corrected chi connectivity index (χ1v) is 5.85. The SMILES string of the molecule is Cc1cccc(C(=O)C(C)C(C)(C)C)c1C. The van der Waals surface area contributed by atoms with Crippen molar-refractivity contribution >= 4 is 5.78 Å². The van der Waals surface area contributed by atoms with Crippen LogP contribution in [0.15, 0.2) is 18.2 Å². The van der Waals surface area contributed by atoms with Crippen LogP contribution >= 0.6 is 0 Å². The van der Waals surface area contributed by atoms with E-state index in [-0.39, 0.29) is 17.1 Å². The molecule has 0 heterocycles. The second-order valence-corrected chi connectivity index (χ2v) is 5.70. The lowest BCUT2D eigenvalue weighted by Gasteiger charge is -2.26. The van der Waals surface area contributed by atoms with Gasteiger partial charge in [0.15, 0.2) is 5.78 Å². The third kappa shape index (κ3) is 2.52. The van der Waals surface area contributed by atoms with Gasteiger partial charge in [0.1, 0.15) is 0 Å². The van der Waals surface area contributed by atoms with E-state index in [1.165, 1.54) is 5.56 Å². The normalized spacial score (nSPS) is 13.6. The molecule has 1 heteroatoms. The second kappa shape index (κ2) is 4.40. The maximum atomic E-state index is 12.4. The molecule has 1 unspecified atom stereocenters. The summed E-state index contributed by atoms with van der Waals surface area (Å²) in [7, 11) is 0. The van der Waals surface area contributed by atoms with E-state index in [2.05, 4.69) is 20.8 Å². The van der Waals surface area contributed by atoms with Gasteiger partial charge in [-0.3, -0.25) is 4.79 Å². The molecule has 0 amide bonds. The minimum Gasteiger partial charge on any atom is -0.294 e. The molecule has 1 aromatic rings. The van der Waals surface area contributed by atoms with Crippen molar-refractivity contribution in [1.82, 2.24) is 0 Å². The van der Waals surface area contributed by atoms with Crippen LogP contribution in [0.4, 0.5) is 0 Å². The largest absolute Gasteiger partial charge is 0.294 e. The van der Waals surface area contributed by atoms with Crippen molar-refractivity contribution in [3.05, 3.63) is 34.9 Å². The van der Waals surface area contributed by atoms with Crippen LogP contribution in [0.1, 0.15) is 49.2 Å². The van der Waals surface area contributed by atoms with Crippen LogP contribution in [0.3, 0.4) is 0 Å². The Morgan fingerprint density at radius 3 is 2.25 bits per heavy atom. The molecule has 0 aliphatic heterocycles. The van der Waals surface area contributed by atoms with Crippen molar-refractivity contribution in [3.8, 4) is 0 Å². The van der Waals surface area contributed by atoms with Crippen molar-refractivity contribution < 1.29 is 4.79 Å². The van der Waals surface area contributed by atoms with Gasteiger partial charge in [0, 0.05) is 11.5 Å². The summed E-state index contributed by atoms with van der Waals surface area (Å²) < 4.78 is 0. The van der Waals surface area contributed by atoms with Crippen LogP contribution < -0.4 is 0 Å². The fraction of sp³-hybridized carbons (Fsp3) is 0.533. The quantitative estimate of drug-likeness (QED) is 0.681. The lowest BCUT2D eigenvalue weighted by atomic mass is 9.77. The average molecular weight is 218 g/mol. The average Bonchev–Trinajstić information content (AvgIpc) is 2.18. The minimum absolute atomic E-state index is 0.0211. The molecular weight excluding hydrogens is 196 g/mol. The van der Waals surface area contributed by atoms with Gasteiger partial charge in [-0.15, -0.1) is 0 Å². The first kappa shape index (κ1) is 13.0. The first-order chi connectivity index (χ1) is 7.25. The van der Waals surface area contributed by atoms with Gasteiger partial charge in [0.2, 0.25) is 0 Å². The predicted octanol–water partition coefficient (Wildman–Crippen LogP) is 4.17. The third-order valence-corrected chi connectivity index (χ3v) is 3.56. The maximum absolute atomic E-state index is 12.4. The van der Waals surface area contributed by atoms with Gasteiger partial charge in [-0.25, -0.2) is 0 Å². The zero-order chi connectivity index (χ0) is 12.5. The maximum Gasteiger partial charge on any atom is 0.166 e. The Morgan fingerprint density at radius 2 is 1.75 bits per heavy atom. The molecule has 88 valence electrons. The van der Waals surface area contributed by atoms with Gasteiger partial charge < -0.3 is 0 Å². The van der Waals surface area contributed by atoms with Crippen LogP contribution in [0, 0.1) is 25.2 Å². The highest BCUT2D eigenvalue weighted by Crippen LogP contribution is 2.29. The van der Waals surface area contributed by atoms with Crippen molar-refractivity contribution in [2.75, 3.05) is 0 Å². The molecule has 0 radical (unpaired) electrons. The number of rotatable bonds is 2. The van der Waals surface area contributed by atoms with Crippen molar-refractivity contribution in [2.24, 2.45) is 11.3 Å². The molecular formula is C15H22O. The first-order valence-electron chi connectivity index (χ1n) is 5.85. The molecule has 0 saturated heterocycles. The summed E-state index contributed by atoms with van der Waals surface area (Å²) in [6.45, 7) is 12.4. The van der Waals surface area contributed by atoms with E-state index in [1.807, 2.05) is 39.0 Å². The topological polar surface area (TPSA) is 17.1 Å². The second-order valence-electron chi connectivity index (χ2n) is 5.70. The van der Waals surface area contributed by atoms with E-state index in [4.69, 9.17) is 0 Å². The lowest BCUT2D eigenvalue weighted by molar-refractivity contribution is 0.0838. The van der Waals surface area contributed by atoms with E-state index < -0.39 is 0 Å². The van der Waals surface area contributed by atoms with Crippen molar-refractivity contribution in [2.45, 2.75) is 41.5 Å². The molecule has 0 aliphatic carbocycles. The molecule has 0 spiro atoms. The monoisotopic (exact) mass is 218 g/mol. The number of benzene rings is 1. The highest BCUT2D eigenvalue weighted by Gasteiger charge is 2.28. The van der Waals surface area contributed by atoms with E-state index in [9.17, 15) is 4.79 Å². The van der Waals surface area contributed by atoms with Gasteiger partial charge in [-0.1, -0.05) is 45.9 Å². The number of Topliss-reactive ketones (excluding diaryl/α,β-unsaturated/α-hetero) is 1. The number of hydrogen-bond donors (Lipinski definition) is 0. The summed E-state index contributed by atoms with van der Waals surface area (Å²) >= 11 is 0. The summed E-state index contributed by atoms with van der Waals surface area (Å²) in [5.41, 5.74) is 3.20. The fourth-order valence-electron chi connectivity index (χ4n) is 1.64. The Bertz CT molecular complexity index is 396. The van der Waals surface area contributed by atoms with E-state index in [1.54, 1.807) is 0 Å². The molecule has 0 bridgehead atoms. The standard InChI is InChI=1S/C15H22O/c1-10-8-7-9-13(11(10)2)14(16)12(3)15(4,5)6/h7-9,12H,1-6H3. The van der Waals surface area contributed by atoms with E-state index in [0.29, 0.717) is 0 Å². The Balaban J connectivity index is 3.11. The number of hydrogen-bond acceptors (Lipinski definition) is 1. The van der Waals surface area contributed by atoms with Gasteiger partial charge in [0.05, 0.1) is 0 Å². The van der Waals surface area contributed by atoms with Gasteiger partial charge in [-0.2, -0.15) is 0 Å². The zero-order valence-corrected chi connectivity index (χ0v) is 11.2. The Morgan fingerprint density at radius 1 is 1.19 bits per heavy atom. The Kier molecular flexibility index (Phi) is 3.57. The molecule has 0 saturated carbocycles. The van der Waals surface area contributed by atoms with E-state index in [0.717, 1.165) is 11.1 Å². The van der Waals surface area contributed by atoms with Crippen LogP contribution in [-0.2, 0) is 0 Å². The Hall–Kier alpha value is -1.11. The van der Waals surface area contributed by atoms with Gasteiger partial charge in [-0.05, 0) is 30.4 Å². The van der Waals surface area contributed by atoms with Crippen LogP contribution in [0.25, 0.3) is 0 Å². The van der Waals surface area contributed by atoms with Crippen molar-refractivity contribution in [3.63, 3.8) is 0 Å². The predicted molar refractivity (Wildman–Crippen MR) is 68.9 cm³/mol. The van der Waals surface area contributed by atoms with Gasteiger partial charge in [0.25, 0.3) is 0 Å². The summed E-state index contributed by atoms with van der Waals surface area (Å²) in [5, 5.41) is 0. The molecule has 1 atom stereocenters. The molecule has 16 heavy (non-hydrogen) atoms. The number of ketones is 1. The molecule has 1 aromatic carbocycles. The number of carbonyl (C=O) groups excluding carboxylic acids is 1. The smallest absolute Gasteiger partial charge is 0.166 e. The lowest BCUT2D eigenvalue weighted by Crippen LogP contribution is -2.26. The zero-order valence-electron chi connectivity index (χ0n) is 11.2. The van der Waals surface area contributed by atoms with Crippen LogP contribution in [0.5, 0.6) is 0 Å². The third-order valence-electron chi connectivity index (χ3n) is 3.56. The highest BCUT2D eigenvalue weighted by atomic mass is 16.1. The van der Waals surface area contributed by atoms with Crippen molar-refractivity contribution in [1.29, 1.82) is 0 Å². The molecule has 1 nitrogen and oxygen atoms in total. The summed E-state index contributed by atoms with van der Waals surface area (Å²) in [5.74, 6) is 0.307. The number of carbonyl (C=O) groups is 1. The van der Waals surface area contributed by atoms with Crippen LogP contribution in [-0.4, -0.2) is 5.78 Å². The summed E-state index contributed by atoms with van der Waals surface area (Å²) in [6, 6.07) is 5.95. The Labute approximate surface area is 98.9 Å².